The number of carbonyl (C=O) groups is 1. The maximum absolute atomic E-state index is 12.4. The fourth-order valence-electron chi connectivity index (χ4n) is 2.88. The van der Waals surface area contributed by atoms with Gasteiger partial charge >= 0.3 is 5.78 Å². The predicted molar refractivity (Wildman–Crippen MR) is 78.4 cm³/mol. The van der Waals surface area contributed by atoms with E-state index in [1.54, 1.807) is 0 Å². The van der Waals surface area contributed by atoms with Gasteiger partial charge in [0.1, 0.15) is 28.8 Å². The molecule has 2 aliphatic carbocycles. The van der Waals surface area contributed by atoms with Crippen LogP contribution in [0.25, 0.3) is 0 Å². The third kappa shape index (κ3) is 2.12. The molecule has 0 saturated heterocycles. The van der Waals surface area contributed by atoms with Gasteiger partial charge in [0.15, 0.2) is 5.78 Å². The molecule has 0 spiro atoms. The van der Waals surface area contributed by atoms with Crippen molar-refractivity contribution in [3.63, 3.8) is 0 Å². The van der Waals surface area contributed by atoms with E-state index >= 15 is 0 Å². The van der Waals surface area contributed by atoms with Crippen LogP contribution in [-0.2, 0) is 4.79 Å². The van der Waals surface area contributed by atoms with Crippen LogP contribution < -0.4 is 5.11 Å². The molecule has 1 aromatic rings. The molecule has 0 heterocycles. The third-order valence-electron chi connectivity index (χ3n) is 3.93. The Hall–Kier alpha value is -3.26. The molecule has 0 radical (unpaired) electrons. The monoisotopic (exact) mass is 332 g/mol. The Morgan fingerprint density at radius 2 is 1.46 bits per heavy atom. The van der Waals surface area contributed by atoms with Crippen LogP contribution in [0.15, 0.2) is 46.9 Å². The van der Waals surface area contributed by atoms with Crippen molar-refractivity contribution in [1.82, 2.24) is 0 Å². The van der Waals surface area contributed by atoms with E-state index in [-0.39, 0.29) is 16.7 Å². The zero-order chi connectivity index (χ0) is 17.8. The molecule has 124 valence electrons. The Bertz CT molecular complexity index is 827. The van der Waals surface area contributed by atoms with Gasteiger partial charge in [-0.05, 0) is 0 Å². The topological polar surface area (TPSA) is 163 Å². The SMILES string of the molecule is O=C1C=C(O)C(=C2C(=[OH+])C(c3c(O)cc(O)cc3O)C2[O-])C(O)=C1. The highest BCUT2D eigenvalue weighted by atomic mass is 16.3. The summed E-state index contributed by atoms with van der Waals surface area (Å²) in [5, 5.41) is 60.9. The Kier molecular flexibility index (Phi) is 3.34. The highest BCUT2D eigenvalue weighted by molar-refractivity contribution is 6.13. The number of ketones is 2. The molecule has 1 saturated carbocycles. The summed E-state index contributed by atoms with van der Waals surface area (Å²) in [5.41, 5.74) is -1.00. The zero-order valence-electron chi connectivity index (χ0n) is 12.0. The Labute approximate surface area is 134 Å². The second-order valence-corrected chi connectivity index (χ2v) is 5.43. The molecule has 0 bridgehead atoms. The van der Waals surface area contributed by atoms with Crippen molar-refractivity contribution in [3.05, 3.63) is 52.5 Å². The molecule has 0 amide bonds. The highest BCUT2D eigenvalue weighted by Crippen LogP contribution is 2.48. The minimum Gasteiger partial charge on any atom is -0.847 e. The molecule has 6 N–H and O–H groups in total. The highest BCUT2D eigenvalue weighted by Gasteiger charge is 2.50. The number of hydrogen-bond acceptors (Lipinski definition) is 7. The molecule has 0 aliphatic heterocycles. The molecule has 3 rings (SSSR count). The van der Waals surface area contributed by atoms with E-state index in [4.69, 9.17) is 0 Å². The number of carbonyl (C=O) groups excluding carboxylic acids is 2. The van der Waals surface area contributed by atoms with Gasteiger partial charge in [-0.25, -0.2) is 0 Å². The summed E-state index contributed by atoms with van der Waals surface area (Å²) in [5.74, 6) is -5.54. The van der Waals surface area contributed by atoms with Crippen LogP contribution in [0.1, 0.15) is 11.5 Å². The zero-order valence-corrected chi connectivity index (χ0v) is 12.0. The average Bonchev–Trinajstić information content (AvgIpc) is 2.46. The first kappa shape index (κ1) is 15.6. The Balaban J connectivity index is 2.07. The van der Waals surface area contributed by atoms with E-state index < -0.39 is 52.4 Å². The van der Waals surface area contributed by atoms with Crippen LogP contribution >= 0.6 is 0 Å². The van der Waals surface area contributed by atoms with E-state index in [9.17, 15) is 40.2 Å². The van der Waals surface area contributed by atoms with E-state index in [1.165, 1.54) is 0 Å². The van der Waals surface area contributed by atoms with Gasteiger partial charge < -0.3 is 30.6 Å². The number of rotatable bonds is 1. The number of allylic oxidation sites excluding steroid dienone is 2. The summed E-state index contributed by atoms with van der Waals surface area (Å²) in [4.78, 5) is 21.4. The molecule has 1 aromatic carbocycles. The summed E-state index contributed by atoms with van der Waals surface area (Å²) in [6, 6.07) is 1.79. The van der Waals surface area contributed by atoms with Gasteiger partial charge in [0.25, 0.3) is 0 Å². The van der Waals surface area contributed by atoms with Gasteiger partial charge in [0.05, 0.1) is 22.6 Å². The van der Waals surface area contributed by atoms with Crippen molar-refractivity contribution in [3.8, 4) is 17.2 Å². The Morgan fingerprint density at radius 3 is 1.92 bits per heavy atom. The summed E-state index contributed by atoms with van der Waals surface area (Å²) in [6.07, 6.45) is -0.170. The number of benzene rings is 1. The molecule has 1 fully saturated rings. The summed E-state index contributed by atoms with van der Waals surface area (Å²) < 4.78 is 0. The molecule has 0 aromatic heterocycles. The van der Waals surface area contributed by atoms with Gasteiger partial charge in [-0.2, -0.15) is 0 Å². The summed E-state index contributed by atoms with van der Waals surface area (Å²) >= 11 is 0. The van der Waals surface area contributed by atoms with Crippen molar-refractivity contribution in [2.75, 3.05) is 0 Å². The fourth-order valence-corrected chi connectivity index (χ4v) is 2.88. The molecular formula is C16H12O8. The maximum Gasteiger partial charge on any atom is 0.326 e. The van der Waals surface area contributed by atoms with Gasteiger partial charge in [0.2, 0.25) is 0 Å². The van der Waals surface area contributed by atoms with Crippen LogP contribution in [0.2, 0.25) is 0 Å². The quantitative estimate of drug-likeness (QED) is 0.355. The van der Waals surface area contributed by atoms with E-state index in [2.05, 4.69) is 0 Å². The second kappa shape index (κ2) is 5.14. The maximum atomic E-state index is 12.4. The lowest BCUT2D eigenvalue weighted by Gasteiger charge is -2.40. The van der Waals surface area contributed by atoms with Crippen molar-refractivity contribution < 1.29 is 40.2 Å². The lowest BCUT2D eigenvalue weighted by atomic mass is 9.68. The molecular weight excluding hydrogens is 320 g/mol. The summed E-state index contributed by atoms with van der Waals surface area (Å²) in [7, 11) is 0. The molecule has 24 heavy (non-hydrogen) atoms. The number of aliphatic hydroxyl groups excluding tert-OH is 2. The predicted octanol–water partition coefficient (Wildman–Crippen LogP) is -0.0625. The van der Waals surface area contributed by atoms with E-state index in [1.807, 2.05) is 0 Å². The van der Waals surface area contributed by atoms with Gasteiger partial charge in [-0.1, -0.05) is 6.10 Å². The van der Waals surface area contributed by atoms with Crippen LogP contribution in [0.4, 0.5) is 0 Å². The van der Waals surface area contributed by atoms with Gasteiger partial charge in [0, 0.05) is 24.3 Å². The molecule has 2 aliphatic rings. The van der Waals surface area contributed by atoms with E-state index in [0.29, 0.717) is 0 Å². The minimum absolute atomic E-state index is 0.284. The van der Waals surface area contributed by atoms with Crippen LogP contribution in [0.3, 0.4) is 0 Å². The van der Waals surface area contributed by atoms with E-state index in [0.717, 1.165) is 24.3 Å². The number of phenols is 3. The number of phenolic OH excluding ortho intramolecular Hbond substituents is 3. The van der Waals surface area contributed by atoms with Crippen molar-refractivity contribution in [1.29, 1.82) is 0 Å². The van der Waals surface area contributed by atoms with Crippen LogP contribution in [0, 0.1) is 0 Å². The molecule has 2 atom stereocenters. The first-order chi connectivity index (χ1) is 11.2. The largest absolute Gasteiger partial charge is 0.847 e. The van der Waals surface area contributed by atoms with Crippen LogP contribution in [-0.4, -0.2) is 48.0 Å². The first-order valence-electron chi connectivity index (χ1n) is 6.79. The number of aliphatic hydroxyl groups is 2. The average molecular weight is 332 g/mol. The molecule has 2 unspecified atom stereocenters. The van der Waals surface area contributed by atoms with Crippen LogP contribution in [0.5, 0.6) is 17.2 Å². The lowest BCUT2D eigenvalue weighted by molar-refractivity contribution is -0.413. The van der Waals surface area contributed by atoms with Gasteiger partial charge in [-0.3, -0.25) is 9.59 Å². The smallest absolute Gasteiger partial charge is 0.326 e. The molecule has 8 heteroatoms. The second-order valence-electron chi connectivity index (χ2n) is 5.43. The number of hydrogen-bond donors (Lipinski definition) is 5. The van der Waals surface area contributed by atoms with Gasteiger partial charge in [-0.15, -0.1) is 0 Å². The lowest BCUT2D eigenvalue weighted by Crippen LogP contribution is -2.52. The van der Waals surface area contributed by atoms with Crippen molar-refractivity contribution >= 4 is 11.6 Å². The standard InChI is InChI=1S/C16H11O8/c17-5-1-7(19)11(8(20)2-5)13-15(23)14(16(13)24)12-9(21)3-6(18)4-10(12)22/h1-4,13,15,17,19-22H/q-1/p+1. The normalized spacial score (nSPS) is 23.7. The fraction of sp³-hybridized carbons (Fsp3) is 0.125. The third-order valence-corrected chi connectivity index (χ3v) is 3.93. The minimum atomic E-state index is -1.74. The number of aromatic hydroxyl groups is 3. The Morgan fingerprint density at radius 1 is 0.958 bits per heavy atom. The molecule has 8 nitrogen and oxygen atoms in total. The van der Waals surface area contributed by atoms with Crippen molar-refractivity contribution in [2.45, 2.75) is 12.0 Å². The summed E-state index contributed by atoms with van der Waals surface area (Å²) in [6.45, 7) is 0. The van der Waals surface area contributed by atoms with Crippen molar-refractivity contribution in [2.24, 2.45) is 0 Å². The first-order valence-corrected chi connectivity index (χ1v) is 6.79.